The average Bonchev–Trinajstić information content (AvgIpc) is 2.68. The van der Waals surface area contributed by atoms with Gasteiger partial charge in [-0.3, -0.25) is 4.79 Å². The lowest BCUT2D eigenvalue weighted by Gasteiger charge is -2.33. The number of halogens is 2. The molecule has 1 aliphatic heterocycles. The largest absolute Gasteiger partial charge is 0.330 e. The van der Waals surface area contributed by atoms with Gasteiger partial charge in [0, 0.05) is 34.7 Å². The minimum atomic E-state index is -0.538. The molecule has 1 unspecified atom stereocenters. The molecule has 156 valence electrons. The fourth-order valence-corrected chi connectivity index (χ4v) is 4.41. The number of benzene rings is 2. The van der Waals surface area contributed by atoms with Crippen molar-refractivity contribution in [2.24, 2.45) is 11.5 Å². The number of amides is 1. The van der Waals surface area contributed by atoms with Crippen LogP contribution in [0, 0.1) is 0 Å². The Balaban J connectivity index is 1.81. The summed E-state index contributed by atoms with van der Waals surface area (Å²) in [5.41, 5.74) is 15.6. The van der Waals surface area contributed by atoms with Crippen LogP contribution in [0.1, 0.15) is 41.9 Å². The smallest absolute Gasteiger partial charge is 0.241 e. The van der Waals surface area contributed by atoms with Crippen molar-refractivity contribution in [2.45, 2.75) is 37.8 Å². The maximum Gasteiger partial charge on any atom is 0.241 e. The summed E-state index contributed by atoms with van der Waals surface area (Å²) >= 11 is 12.7. The van der Waals surface area contributed by atoms with Crippen molar-refractivity contribution in [2.75, 3.05) is 25.5 Å². The van der Waals surface area contributed by atoms with E-state index in [9.17, 15) is 4.79 Å². The van der Waals surface area contributed by atoms with Crippen molar-refractivity contribution < 1.29 is 4.79 Å². The summed E-state index contributed by atoms with van der Waals surface area (Å²) in [5, 5.41) is 4.27. The van der Waals surface area contributed by atoms with Crippen molar-refractivity contribution in [1.29, 1.82) is 0 Å². The van der Waals surface area contributed by atoms with E-state index in [0.717, 1.165) is 48.3 Å². The molecule has 5 nitrogen and oxygen atoms in total. The minimum Gasteiger partial charge on any atom is -0.330 e. The predicted molar refractivity (Wildman–Crippen MR) is 121 cm³/mol. The van der Waals surface area contributed by atoms with Crippen LogP contribution >= 0.6 is 23.2 Å². The lowest BCUT2D eigenvalue weighted by Crippen LogP contribution is -2.35. The Morgan fingerprint density at radius 1 is 1.28 bits per heavy atom. The number of carbonyl (C=O) groups excluding carboxylic acids is 1. The first-order valence-electron chi connectivity index (χ1n) is 9.92. The molecule has 2 atom stereocenters. The van der Waals surface area contributed by atoms with Gasteiger partial charge in [-0.25, -0.2) is 0 Å². The molecular weight excluding hydrogens is 407 g/mol. The van der Waals surface area contributed by atoms with E-state index in [1.54, 1.807) is 6.07 Å². The van der Waals surface area contributed by atoms with Crippen LogP contribution in [0.3, 0.4) is 0 Å². The van der Waals surface area contributed by atoms with Gasteiger partial charge in [0.25, 0.3) is 0 Å². The van der Waals surface area contributed by atoms with Crippen LogP contribution in [-0.4, -0.2) is 37.0 Å². The molecule has 29 heavy (non-hydrogen) atoms. The number of anilines is 1. The van der Waals surface area contributed by atoms with E-state index >= 15 is 0 Å². The van der Waals surface area contributed by atoms with Crippen molar-refractivity contribution in [3.05, 3.63) is 63.1 Å². The van der Waals surface area contributed by atoms with Crippen LogP contribution < -0.4 is 16.8 Å². The average molecular weight is 435 g/mol. The number of hydrogen-bond donors (Lipinski definition) is 3. The summed E-state index contributed by atoms with van der Waals surface area (Å²) in [6.07, 6.45) is 2.34. The Morgan fingerprint density at radius 3 is 2.83 bits per heavy atom. The van der Waals surface area contributed by atoms with Crippen LogP contribution in [0.5, 0.6) is 0 Å². The number of rotatable bonds is 7. The molecule has 7 heteroatoms. The quantitative estimate of drug-likeness (QED) is 0.575. The molecule has 1 heterocycles. The first-order chi connectivity index (χ1) is 13.9. The number of nitrogens with two attached hydrogens (primary N) is 2. The highest BCUT2D eigenvalue weighted by Gasteiger charge is 2.27. The number of nitrogens with one attached hydrogen (secondary N) is 1. The summed E-state index contributed by atoms with van der Waals surface area (Å²) in [6, 6.07) is 11.2. The second kappa shape index (κ2) is 9.92. The minimum absolute atomic E-state index is 0.120. The van der Waals surface area contributed by atoms with Gasteiger partial charge in [0.15, 0.2) is 0 Å². The van der Waals surface area contributed by atoms with Gasteiger partial charge in [0.2, 0.25) is 5.91 Å². The fraction of sp³-hybridized carbons (Fsp3) is 0.409. The molecule has 0 aliphatic carbocycles. The third kappa shape index (κ3) is 5.50. The zero-order valence-electron chi connectivity index (χ0n) is 16.6. The Bertz CT molecular complexity index is 874. The number of carbonyl (C=O) groups is 1. The zero-order valence-corrected chi connectivity index (χ0v) is 18.1. The normalized spacial score (nSPS) is 17.6. The maximum absolute atomic E-state index is 12.4. The topological polar surface area (TPSA) is 84.4 Å². The highest BCUT2D eigenvalue weighted by Crippen LogP contribution is 2.38. The summed E-state index contributed by atoms with van der Waals surface area (Å²) in [4.78, 5) is 14.7. The van der Waals surface area contributed by atoms with Gasteiger partial charge in [0.05, 0.1) is 6.04 Å². The summed E-state index contributed by atoms with van der Waals surface area (Å²) in [7, 11) is 2.08. The Kier molecular flexibility index (Phi) is 7.55. The van der Waals surface area contributed by atoms with E-state index in [1.807, 2.05) is 24.3 Å². The third-order valence-electron chi connectivity index (χ3n) is 5.36. The number of likely N-dealkylation sites (N-methyl/N-ethyl adjacent to an activating group) is 1. The molecule has 2 aromatic rings. The van der Waals surface area contributed by atoms with Crippen LogP contribution in [-0.2, 0) is 11.3 Å². The first kappa shape index (κ1) is 22.1. The van der Waals surface area contributed by atoms with Crippen LogP contribution in [0.2, 0.25) is 10.0 Å². The Morgan fingerprint density at radius 2 is 2.07 bits per heavy atom. The van der Waals surface area contributed by atoms with Crippen molar-refractivity contribution in [3.63, 3.8) is 0 Å². The Labute approximate surface area is 182 Å². The lowest BCUT2D eigenvalue weighted by molar-refractivity contribution is -0.117. The SMILES string of the molecule is CN1Cc2c(Cl)cc(Cl)cc2C(c2cccc(NC(=O)[C@@H](N)CCCCN)c2)C1. The van der Waals surface area contributed by atoms with E-state index in [2.05, 4.69) is 23.3 Å². The number of hydrogen-bond acceptors (Lipinski definition) is 4. The van der Waals surface area contributed by atoms with Crippen molar-refractivity contribution in [1.82, 2.24) is 4.90 Å². The molecule has 0 radical (unpaired) electrons. The van der Waals surface area contributed by atoms with Gasteiger partial charge in [-0.05, 0) is 67.4 Å². The highest BCUT2D eigenvalue weighted by atomic mass is 35.5. The van der Waals surface area contributed by atoms with Gasteiger partial charge in [-0.1, -0.05) is 41.8 Å². The number of fused-ring (bicyclic) bond motifs is 1. The van der Waals surface area contributed by atoms with Gasteiger partial charge in [-0.2, -0.15) is 0 Å². The fourth-order valence-electron chi connectivity index (χ4n) is 3.84. The van der Waals surface area contributed by atoms with E-state index in [-0.39, 0.29) is 11.8 Å². The van der Waals surface area contributed by atoms with Crippen LogP contribution in [0.4, 0.5) is 5.69 Å². The van der Waals surface area contributed by atoms with Crippen molar-refractivity contribution >= 4 is 34.8 Å². The van der Waals surface area contributed by atoms with E-state index in [1.165, 1.54) is 0 Å². The standard InChI is InChI=1S/C22H28Cl2N4O/c1-28-12-18(17-10-15(23)11-20(24)19(17)13-28)14-5-4-6-16(9-14)27-22(29)21(26)7-2-3-8-25/h4-6,9-11,18,21H,2-3,7-8,12-13,25-26H2,1H3,(H,27,29)/t18?,21-/m0/s1. The Hall–Kier alpha value is -1.63. The summed E-state index contributed by atoms with van der Waals surface area (Å²) in [5.74, 6) is -0.0542. The molecule has 1 aliphatic rings. The van der Waals surface area contributed by atoms with Gasteiger partial charge < -0.3 is 21.7 Å². The lowest BCUT2D eigenvalue weighted by atomic mass is 9.84. The molecule has 0 spiro atoms. The molecule has 0 fully saturated rings. The third-order valence-corrected chi connectivity index (χ3v) is 5.91. The maximum atomic E-state index is 12.4. The van der Waals surface area contributed by atoms with Gasteiger partial charge >= 0.3 is 0 Å². The van der Waals surface area contributed by atoms with E-state index < -0.39 is 6.04 Å². The van der Waals surface area contributed by atoms with E-state index in [4.69, 9.17) is 34.7 Å². The zero-order chi connectivity index (χ0) is 21.0. The molecular formula is C22H28Cl2N4O. The molecule has 0 bridgehead atoms. The summed E-state index contributed by atoms with van der Waals surface area (Å²) < 4.78 is 0. The van der Waals surface area contributed by atoms with Crippen molar-refractivity contribution in [3.8, 4) is 0 Å². The number of nitrogens with zero attached hydrogens (tertiary/aromatic N) is 1. The number of unbranched alkanes of at least 4 members (excludes halogenated alkanes) is 1. The van der Waals surface area contributed by atoms with Gasteiger partial charge in [0.1, 0.15) is 0 Å². The molecule has 5 N–H and O–H groups in total. The summed E-state index contributed by atoms with van der Waals surface area (Å²) in [6.45, 7) is 2.25. The monoisotopic (exact) mass is 434 g/mol. The molecule has 1 amide bonds. The molecule has 0 aromatic heterocycles. The molecule has 0 saturated heterocycles. The second-order valence-corrected chi connectivity index (χ2v) is 8.55. The molecule has 3 rings (SSSR count). The first-order valence-corrected chi connectivity index (χ1v) is 10.7. The van der Waals surface area contributed by atoms with Crippen LogP contribution in [0.25, 0.3) is 0 Å². The second-order valence-electron chi connectivity index (χ2n) is 7.71. The molecule has 0 saturated carbocycles. The predicted octanol–water partition coefficient (Wildman–Crippen LogP) is 3.97. The van der Waals surface area contributed by atoms with Crippen LogP contribution in [0.15, 0.2) is 36.4 Å². The van der Waals surface area contributed by atoms with E-state index in [0.29, 0.717) is 23.0 Å². The van der Waals surface area contributed by atoms with Gasteiger partial charge in [-0.15, -0.1) is 0 Å². The highest BCUT2D eigenvalue weighted by molar-refractivity contribution is 6.35. The molecule has 2 aromatic carbocycles.